The molecule has 4 heteroatoms. The highest BCUT2D eigenvalue weighted by Gasteiger charge is 2.30. The van der Waals surface area contributed by atoms with E-state index >= 15 is 0 Å². The van der Waals surface area contributed by atoms with Crippen molar-refractivity contribution in [2.75, 3.05) is 19.8 Å². The molecule has 0 radical (unpaired) electrons. The smallest absolute Gasteiger partial charge is 0.134 e. The molecule has 0 fully saturated rings. The first-order valence-corrected chi connectivity index (χ1v) is 11.9. The summed E-state index contributed by atoms with van der Waals surface area (Å²) in [6, 6.07) is 4.13. The van der Waals surface area contributed by atoms with Crippen molar-refractivity contribution in [3.8, 4) is 17.2 Å². The van der Waals surface area contributed by atoms with Gasteiger partial charge < -0.3 is 14.2 Å². The minimum atomic E-state index is -0.382. The van der Waals surface area contributed by atoms with E-state index in [-0.39, 0.29) is 7.92 Å². The van der Waals surface area contributed by atoms with E-state index in [9.17, 15) is 0 Å². The molecule has 0 saturated heterocycles. The zero-order chi connectivity index (χ0) is 19.5. The highest BCUT2D eigenvalue weighted by molar-refractivity contribution is 7.67. The van der Waals surface area contributed by atoms with Gasteiger partial charge in [0.25, 0.3) is 0 Å². The quantitative estimate of drug-likeness (QED) is 0.371. The normalized spacial score (nSPS) is 14.6. The van der Waals surface area contributed by atoms with Crippen molar-refractivity contribution in [3.05, 3.63) is 12.1 Å². The van der Waals surface area contributed by atoms with E-state index in [2.05, 4.69) is 39.8 Å². The minimum Gasteiger partial charge on any atom is -0.494 e. The molecule has 1 aromatic carbocycles. The predicted octanol–water partition coefficient (Wildman–Crippen LogP) is 6.37. The SMILES string of the molecule is CCCC(C)P(c1c(OCC)cc(OCC)cc1OCC)C(C)CCC. The second kappa shape index (κ2) is 12.4. The number of benzene rings is 1. The molecule has 1 aromatic rings. The van der Waals surface area contributed by atoms with Gasteiger partial charge in [-0.25, -0.2) is 0 Å². The molecule has 0 aromatic heterocycles. The van der Waals surface area contributed by atoms with E-state index in [4.69, 9.17) is 14.2 Å². The molecule has 0 heterocycles. The van der Waals surface area contributed by atoms with Crippen molar-refractivity contribution in [3.63, 3.8) is 0 Å². The third-order valence-corrected chi connectivity index (χ3v) is 7.92. The summed E-state index contributed by atoms with van der Waals surface area (Å²) in [7, 11) is -0.382. The lowest BCUT2D eigenvalue weighted by atomic mass is 10.2. The molecular weight excluding hydrogens is 343 g/mol. The fourth-order valence-corrected chi connectivity index (χ4v) is 7.17. The van der Waals surface area contributed by atoms with Crippen molar-refractivity contribution in [1.82, 2.24) is 0 Å². The van der Waals surface area contributed by atoms with E-state index in [0.717, 1.165) is 17.2 Å². The summed E-state index contributed by atoms with van der Waals surface area (Å²) >= 11 is 0. The van der Waals surface area contributed by atoms with E-state index in [1.54, 1.807) is 0 Å². The van der Waals surface area contributed by atoms with Crippen LogP contribution in [0.25, 0.3) is 0 Å². The van der Waals surface area contributed by atoms with Crippen LogP contribution in [-0.2, 0) is 0 Å². The van der Waals surface area contributed by atoms with Crippen molar-refractivity contribution in [2.24, 2.45) is 0 Å². The van der Waals surface area contributed by atoms with Gasteiger partial charge in [-0.15, -0.1) is 0 Å². The summed E-state index contributed by atoms with van der Waals surface area (Å²) < 4.78 is 18.0. The fraction of sp³-hybridized carbons (Fsp3) is 0.727. The van der Waals surface area contributed by atoms with Gasteiger partial charge in [-0.3, -0.25) is 0 Å². The van der Waals surface area contributed by atoms with Crippen LogP contribution < -0.4 is 19.5 Å². The zero-order valence-corrected chi connectivity index (χ0v) is 18.8. The molecule has 0 aliphatic heterocycles. The van der Waals surface area contributed by atoms with Crippen molar-refractivity contribution < 1.29 is 14.2 Å². The van der Waals surface area contributed by atoms with E-state index < -0.39 is 0 Å². The maximum Gasteiger partial charge on any atom is 0.134 e. The maximum absolute atomic E-state index is 6.10. The molecule has 0 bridgehead atoms. The summed E-state index contributed by atoms with van der Waals surface area (Å²) in [5, 5.41) is 1.30. The Morgan fingerprint density at radius 3 is 1.50 bits per heavy atom. The van der Waals surface area contributed by atoms with E-state index in [1.165, 1.54) is 31.0 Å². The highest BCUT2D eigenvalue weighted by Crippen LogP contribution is 2.53. The van der Waals surface area contributed by atoms with Gasteiger partial charge in [0.05, 0.1) is 25.1 Å². The van der Waals surface area contributed by atoms with Crippen LogP contribution in [0.1, 0.15) is 74.1 Å². The molecule has 2 atom stereocenters. The molecule has 0 spiro atoms. The van der Waals surface area contributed by atoms with Gasteiger partial charge in [-0.2, -0.15) is 0 Å². The van der Waals surface area contributed by atoms with Crippen molar-refractivity contribution >= 4 is 13.2 Å². The topological polar surface area (TPSA) is 27.7 Å². The van der Waals surface area contributed by atoms with Gasteiger partial charge in [0.2, 0.25) is 0 Å². The average molecular weight is 383 g/mol. The monoisotopic (exact) mass is 382 g/mol. The first-order chi connectivity index (χ1) is 12.5. The zero-order valence-electron chi connectivity index (χ0n) is 17.9. The predicted molar refractivity (Wildman–Crippen MR) is 115 cm³/mol. The molecule has 150 valence electrons. The Kier molecular flexibility index (Phi) is 11.0. The Bertz CT molecular complexity index is 479. The molecule has 26 heavy (non-hydrogen) atoms. The first kappa shape index (κ1) is 23.1. The van der Waals surface area contributed by atoms with Crippen LogP contribution in [0.2, 0.25) is 0 Å². The number of ether oxygens (including phenoxy) is 3. The van der Waals surface area contributed by atoms with Crippen LogP contribution in [0, 0.1) is 0 Å². The van der Waals surface area contributed by atoms with Gasteiger partial charge in [0, 0.05) is 12.1 Å². The summed E-state index contributed by atoms with van der Waals surface area (Å²) in [4.78, 5) is 0. The van der Waals surface area contributed by atoms with Crippen LogP contribution in [0.5, 0.6) is 17.2 Å². The van der Waals surface area contributed by atoms with Crippen LogP contribution in [0.15, 0.2) is 12.1 Å². The van der Waals surface area contributed by atoms with Crippen molar-refractivity contribution in [2.45, 2.75) is 85.5 Å². The molecular formula is C22H39O3P. The van der Waals surface area contributed by atoms with Gasteiger partial charge in [0.15, 0.2) is 0 Å². The van der Waals surface area contributed by atoms with Gasteiger partial charge in [0.1, 0.15) is 17.2 Å². The van der Waals surface area contributed by atoms with Gasteiger partial charge in [-0.1, -0.05) is 48.5 Å². The van der Waals surface area contributed by atoms with Gasteiger partial charge in [-0.05, 0) is 44.9 Å². The summed E-state index contributed by atoms with van der Waals surface area (Å²) in [5.41, 5.74) is 1.29. The lowest BCUT2D eigenvalue weighted by molar-refractivity contribution is 0.311. The minimum absolute atomic E-state index is 0.382. The molecule has 0 N–H and O–H groups in total. The number of rotatable bonds is 13. The molecule has 0 aliphatic rings. The third-order valence-electron chi connectivity index (χ3n) is 4.55. The summed E-state index contributed by atoms with van der Waals surface area (Å²) in [5.74, 6) is 2.75. The third kappa shape index (κ3) is 6.34. The Hall–Kier alpha value is -0.950. The second-order valence-electron chi connectivity index (χ2n) is 6.75. The first-order valence-electron chi connectivity index (χ1n) is 10.4. The summed E-state index contributed by atoms with van der Waals surface area (Å²) in [6.07, 6.45) is 4.90. The maximum atomic E-state index is 6.10. The van der Waals surface area contributed by atoms with Crippen LogP contribution in [0.4, 0.5) is 0 Å². The number of hydrogen-bond donors (Lipinski definition) is 0. The molecule has 0 saturated carbocycles. The lowest BCUT2D eigenvalue weighted by Crippen LogP contribution is -2.23. The molecule has 0 aliphatic carbocycles. The lowest BCUT2D eigenvalue weighted by Gasteiger charge is -2.33. The molecule has 3 nitrogen and oxygen atoms in total. The van der Waals surface area contributed by atoms with Crippen LogP contribution in [0.3, 0.4) is 0 Å². The largest absolute Gasteiger partial charge is 0.494 e. The number of hydrogen-bond acceptors (Lipinski definition) is 3. The van der Waals surface area contributed by atoms with E-state index in [0.29, 0.717) is 31.1 Å². The van der Waals surface area contributed by atoms with Gasteiger partial charge >= 0.3 is 0 Å². The average Bonchev–Trinajstić information content (AvgIpc) is 2.59. The standard InChI is InChI=1S/C22H39O3P/c1-8-13-17(6)26(18(7)14-9-2)22-20(24-11-4)15-19(23-10-3)16-21(22)25-12-5/h15-18H,8-14H2,1-7H3. The molecule has 1 rings (SSSR count). The second-order valence-corrected chi connectivity index (χ2v) is 9.77. The molecule has 0 amide bonds. The van der Waals surface area contributed by atoms with E-state index in [1.807, 2.05) is 20.8 Å². The van der Waals surface area contributed by atoms with Crippen LogP contribution in [-0.4, -0.2) is 31.1 Å². The van der Waals surface area contributed by atoms with Crippen molar-refractivity contribution in [1.29, 1.82) is 0 Å². The molecule has 2 unspecified atom stereocenters. The fourth-order valence-electron chi connectivity index (χ4n) is 3.58. The van der Waals surface area contributed by atoms with Crippen LogP contribution >= 0.6 is 7.92 Å². The Morgan fingerprint density at radius 1 is 0.731 bits per heavy atom. The Labute approximate surface area is 162 Å². The summed E-state index contributed by atoms with van der Waals surface area (Å²) in [6.45, 7) is 17.4. The Balaban J connectivity index is 3.52. The highest BCUT2D eigenvalue weighted by atomic mass is 31.1. The Morgan fingerprint density at radius 2 is 1.15 bits per heavy atom.